The highest BCUT2D eigenvalue weighted by molar-refractivity contribution is 6.14. The van der Waals surface area contributed by atoms with E-state index in [2.05, 4.69) is 24.3 Å². The van der Waals surface area contributed by atoms with Crippen LogP contribution in [0.15, 0.2) is 29.5 Å². The summed E-state index contributed by atoms with van der Waals surface area (Å²) in [5.74, 6) is 7.15. The maximum absolute atomic E-state index is 6.43. The van der Waals surface area contributed by atoms with Crippen molar-refractivity contribution in [3.05, 3.63) is 46.3 Å². The predicted molar refractivity (Wildman–Crippen MR) is 97.5 cm³/mol. The first-order valence-electron chi connectivity index (χ1n) is 8.27. The van der Waals surface area contributed by atoms with E-state index in [4.69, 9.17) is 22.4 Å². The highest BCUT2D eigenvalue weighted by Crippen LogP contribution is 2.36. The molecule has 0 saturated heterocycles. The molecule has 25 heavy (non-hydrogen) atoms. The molecule has 0 atom stereocenters. The van der Waals surface area contributed by atoms with Gasteiger partial charge >= 0.3 is 0 Å². The van der Waals surface area contributed by atoms with Crippen LogP contribution in [-0.4, -0.2) is 33.2 Å². The molecule has 0 saturated carbocycles. The third-order valence-corrected chi connectivity index (χ3v) is 4.77. The molecule has 1 aromatic heterocycles. The fraction of sp³-hybridized carbons (Fsp3) is 0.471. The van der Waals surface area contributed by atoms with Crippen LogP contribution in [0.4, 0.5) is 0 Å². The van der Waals surface area contributed by atoms with E-state index < -0.39 is 0 Å². The summed E-state index contributed by atoms with van der Waals surface area (Å²) < 4.78 is 7.17. The fourth-order valence-electron chi connectivity index (χ4n) is 3.23. The molecule has 0 spiro atoms. The van der Waals surface area contributed by atoms with Crippen molar-refractivity contribution in [1.82, 2.24) is 24.8 Å². The molecule has 7 nitrogen and oxygen atoms in total. The molecule has 3 heterocycles. The van der Waals surface area contributed by atoms with Crippen molar-refractivity contribution in [2.45, 2.75) is 34.2 Å². The zero-order valence-corrected chi connectivity index (χ0v) is 16.1. The van der Waals surface area contributed by atoms with Crippen molar-refractivity contribution in [3.8, 4) is 5.75 Å². The number of aryl methyl sites for hydroxylation is 1. The number of hydrogen-bond acceptors (Lipinski definition) is 7. The Morgan fingerprint density at radius 1 is 1.40 bits per heavy atom. The standard InChI is InChI=1S/C17H25ClN6O/c1-10(2)15-16-14(8-22(19)9-23(16)18)24(21-15)7-13-12(4)17(25-5)11(3)6-20-13/h6,8,10,21H,7,9,19H2,1-5H3. The molecule has 0 radical (unpaired) electrons. The minimum Gasteiger partial charge on any atom is -0.496 e. The van der Waals surface area contributed by atoms with Crippen molar-refractivity contribution in [1.29, 1.82) is 0 Å². The summed E-state index contributed by atoms with van der Waals surface area (Å²) in [7, 11) is 1.69. The first-order chi connectivity index (χ1) is 11.8. The Hall–Kier alpha value is -2.12. The number of ether oxygens (including phenoxy) is 1. The molecule has 136 valence electrons. The first-order valence-corrected chi connectivity index (χ1v) is 8.61. The molecular formula is C17H25ClN6O. The lowest BCUT2D eigenvalue weighted by Gasteiger charge is -2.32. The summed E-state index contributed by atoms with van der Waals surface area (Å²) in [5.41, 5.74) is 9.45. The number of nitrogens with two attached hydrogens (primary N) is 1. The van der Waals surface area contributed by atoms with Crippen molar-refractivity contribution < 1.29 is 4.74 Å². The smallest absolute Gasteiger partial charge is 0.128 e. The van der Waals surface area contributed by atoms with Crippen molar-refractivity contribution in [2.24, 2.45) is 11.8 Å². The third kappa shape index (κ3) is 3.09. The number of allylic oxidation sites excluding steroid dienone is 1. The van der Waals surface area contributed by atoms with Gasteiger partial charge in [0.2, 0.25) is 0 Å². The van der Waals surface area contributed by atoms with Gasteiger partial charge in [0.15, 0.2) is 0 Å². The highest BCUT2D eigenvalue weighted by atomic mass is 35.5. The lowest BCUT2D eigenvalue weighted by Crippen LogP contribution is -2.40. The van der Waals surface area contributed by atoms with E-state index in [1.54, 1.807) is 16.5 Å². The van der Waals surface area contributed by atoms with Gasteiger partial charge in [0.05, 0.1) is 25.0 Å². The van der Waals surface area contributed by atoms with E-state index >= 15 is 0 Å². The minimum atomic E-state index is 0.301. The van der Waals surface area contributed by atoms with E-state index in [-0.39, 0.29) is 0 Å². The Balaban J connectivity index is 1.95. The number of aromatic nitrogens is 1. The van der Waals surface area contributed by atoms with Crippen LogP contribution in [0.2, 0.25) is 0 Å². The number of fused-ring (bicyclic) bond motifs is 1. The third-order valence-electron chi connectivity index (χ3n) is 4.50. The van der Waals surface area contributed by atoms with Crippen LogP contribution in [0, 0.1) is 19.8 Å². The number of hydrazine groups is 2. The summed E-state index contributed by atoms with van der Waals surface area (Å²) in [6.07, 6.45) is 3.74. The largest absolute Gasteiger partial charge is 0.496 e. The lowest BCUT2D eigenvalue weighted by atomic mass is 10.1. The second-order valence-electron chi connectivity index (χ2n) is 6.69. The first kappa shape index (κ1) is 17.7. The SMILES string of the molecule is COc1c(C)cnc(CN2NC(C(C)C)=C3C2=CN(N)CN3Cl)c1C. The Labute approximate surface area is 153 Å². The molecule has 3 rings (SSSR count). The Morgan fingerprint density at radius 3 is 2.76 bits per heavy atom. The Bertz CT molecular complexity index is 745. The molecular weight excluding hydrogens is 340 g/mol. The average Bonchev–Trinajstić information content (AvgIpc) is 2.90. The Kier molecular flexibility index (Phi) is 4.71. The zero-order valence-electron chi connectivity index (χ0n) is 15.3. The highest BCUT2D eigenvalue weighted by Gasteiger charge is 2.35. The zero-order chi connectivity index (χ0) is 18.3. The second-order valence-corrected chi connectivity index (χ2v) is 7.10. The number of pyridine rings is 1. The van der Waals surface area contributed by atoms with Crippen LogP contribution in [0.1, 0.15) is 30.7 Å². The van der Waals surface area contributed by atoms with Gasteiger partial charge in [-0.25, -0.2) is 5.84 Å². The van der Waals surface area contributed by atoms with Gasteiger partial charge in [-0.15, -0.1) is 0 Å². The van der Waals surface area contributed by atoms with Crippen LogP contribution in [0.3, 0.4) is 0 Å². The van der Waals surface area contributed by atoms with Gasteiger partial charge in [0, 0.05) is 35.3 Å². The Morgan fingerprint density at radius 2 is 2.12 bits per heavy atom. The van der Waals surface area contributed by atoms with Gasteiger partial charge < -0.3 is 4.74 Å². The molecule has 1 aromatic rings. The van der Waals surface area contributed by atoms with Gasteiger partial charge in [-0.05, 0) is 19.8 Å². The molecule has 8 heteroatoms. The van der Waals surface area contributed by atoms with E-state index in [0.29, 0.717) is 19.1 Å². The summed E-state index contributed by atoms with van der Waals surface area (Å²) in [5, 5.41) is 3.60. The summed E-state index contributed by atoms with van der Waals surface area (Å²) in [4.78, 5) is 4.60. The molecule has 0 aliphatic carbocycles. The number of halogens is 1. The van der Waals surface area contributed by atoms with Gasteiger partial charge in [0.1, 0.15) is 23.8 Å². The maximum atomic E-state index is 6.43. The summed E-state index contributed by atoms with van der Waals surface area (Å²) in [6, 6.07) is 0. The topological polar surface area (TPSA) is 69.9 Å². The van der Waals surface area contributed by atoms with Crippen molar-refractivity contribution in [3.63, 3.8) is 0 Å². The van der Waals surface area contributed by atoms with Crippen LogP contribution in [0.25, 0.3) is 0 Å². The van der Waals surface area contributed by atoms with E-state index in [1.807, 2.05) is 31.3 Å². The van der Waals surface area contributed by atoms with Gasteiger partial charge in [0.25, 0.3) is 0 Å². The van der Waals surface area contributed by atoms with Crippen molar-refractivity contribution >= 4 is 11.8 Å². The molecule has 2 aliphatic rings. The fourth-order valence-corrected chi connectivity index (χ4v) is 3.53. The van der Waals surface area contributed by atoms with Gasteiger partial charge in [-0.1, -0.05) is 13.8 Å². The number of nitrogens with zero attached hydrogens (tertiary/aromatic N) is 4. The molecule has 0 unspecified atom stereocenters. The van der Waals surface area contributed by atoms with Crippen LogP contribution in [0.5, 0.6) is 5.75 Å². The van der Waals surface area contributed by atoms with Crippen molar-refractivity contribution in [2.75, 3.05) is 13.8 Å². The monoisotopic (exact) mass is 364 g/mol. The lowest BCUT2D eigenvalue weighted by molar-refractivity contribution is 0.235. The second kappa shape index (κ2) is 6.65. The van der Waals surface area contributed by atoms with E-state index in [1.165, 1.54) is 0 Å². The normalized spacial score (nSPS) is 17.1. The maximum Gasteiger partial charge on any atom is 0.128 e. The van der Waals surface area contributed by atoms with Crippen LogP contribution < -0.4 is 16.0 Å². The number of nitrogens with one attached hydrogen (secondary N) is 1. The predicted octanol–water partition coefficient (Wildman–Crippen LogP) is 2.34. The summed E-state index contributed by atoms with van der Waals surface area (Å²) >= 11 is 6.43. The minimum absolute atomic E-state index is 0.301. The number of rotatable bonds is 4. The number of hydrogen-bond donors (Lipinski definition) is 2. The number of methoxy groups -OCH3 is 1. The molecule has 0 fully saturated rings. The molecule has 0 aromatic carbocycles. The molecule has 3 N–H and O–H groups in total. The molecule has 0 bridgehead atoms. The van der Waals surface area contributed by atoms with Gasteiger partial charge in [-0.3, -0.25) is 24.8 Å². The average molecular weight is 365 g/mol. The quantitative estimate of drug-likeness (QED) is 0.627. The van der Waals surface area contributed by atoms with E-state index in [0.717, 1.165) is 39.7 Å². The molecule has 2 aliphatic heterocycles. The van der Waals surface area contributed by atoms with Crippen LogP contribution in [-0.2, 0) is 6.54 Å². The summed E-state index contributed by atoms with van der Waals surface area (Å²) in [6.45, 7) is 9.30. The van der Waals surface area contributed by atoms with Gasteiger partial charge in [-0.2, -0.15) is 0 Å². The van der Waals surface area contributed by atoms with Crippen LogP contribution >= 0.6 is 11.8 Å². The molecule has 0 amide bonds. The van der Waals surface area contributed by atoms with E-state index in [9.17, 15) is 0 Å².